The fraction of sp³-hybridized carbons (Fsp3) is 0.267. The number of aryl methyl sites for hydroxylation is 1. The molecule has 1 N–H and O–H groups in total. The quantitative estimate of drug-likeness (QED) is 0.833. The topological polar surface area (TPSA) is 68.3 Å². The molecule has 2 aromatic rings. The molecular weight excluding hydrogens is 288 g/mol. The van der Waals surface area contributed by atoms with Gasteiger partial charge in [0.15, 0.2) is 5.13 Å². The molecule has 0 spiro atoms. The lowest BCUT2D eigenvalue weighted by Gasteiger charge is -2.02. The summed E-state index contributed by atoms with van der Waals surface area (Å²) < 4.78 is 4.59. The first kappa shape index (κ1) is 15.2. The zero-order valence-corrected chi connectivity index (χ0v) is 12.5. The van der Waals surface area contributed by atoms with Crippen LogP contribution in [-0.4, -0.2) is 24.0 Å². The molecule has 0 unspecified atom stereocenters. The number of methoxy groups -OCH3 is 1. The molecular formula is C15H16N2O3S. The molecule has 110 valence electrons. The minimum Gasteiger partial charge on any atom is -0.465 e. The maximum atomic E-state index is 11.8. The van der Waals surface area contributed by atoms with Crippen LogP contribution in [0.2, 0.25) is 0 Å². The zero-order valence-electron chi connectivity index (χ0n) is 11.7. The van der Waals surface area contributed by atoms with E-state index < -0.39 is 5.97 Å². The fourth-order valence-corrected chi connectivity index (χ4v) is 2.56. The lowest BCUT2D eigenvalue weighted by Crippen LogP contribution is -2.11. The number of aromatic nitrogens is 1. The van der Waals surface area contributed by atoms with Crippen molar-refractivity contribution in [1.29, 1.82) is 0 Å². The van der Waals surface area contributed by atoms with Gasteiger partial charge in [0.2, 0.25) is 5.91 Å². The zero-order chi connectivity index (χ0) is 15.1. The number of anilines is 1. The molecule has 0 fully saturated rings. The van der Waals surface area contributed by atoms with E-state index in [4.69, 9.17) is 0 Å². The number of esters is 1. The average Bonchev–Trinajstić information content (AvgIpc) is 2.96. The van der Waals surface area contributed by atoms with Crippen molar-refractivity contribution in [2.45, 2.75) is 19.3 Å². The fourth-order valence-electron chi connectivity index (χ4n) is 1.81. The maximum absolute atomic E-state index is 11.8. The second-order valence-corrected chi connectivity index (χ2v) is 5.44. The van der Waals surface area contributed by atoms with Gasteiger partial charge in [-0.05, 0) is 18.4 Å². The third-order valence-corrected chi connectivity index (χ3v) is 3.74. The van der Waals surface area contributed by atoms with E-state index in [9.17, 15) is 9.59 Å². The summed E-state index contributed by atoms with van der Waals surface area (Å²) in [4.78, 5) is 27.4. The number of rotatable bonds is 6. The molecule has 21 heavy (non-hydrogen) atoms. The Bertz CT molecular complexity index is 610. The van der Waals surface area contributed by atoms with E-state index in [2.05, 4.69) is 15.0 Å². The van der Waals surface area contributed by atoms with E-state index in [0.29, 0.717) is 16.4 Å². The number of carbonyl (C=O) groups is 2. The van der Waals surface area contributed by atoms with E-state index in [0.717, 1.165) is 24.2 Å². The van der Waals surface area contributed by atoms with Gasteiger partial charge < -0.3 is 10.1 Å². The van der Waals surface area contributed by atoms with Crippen molar-refractivity contribution >= 4 is 28.3 Å². The van der Waals surface area contributed by atoms with Gasteiger partial charge in [-0.3, -0.25) is 4.79 Å². The molecule has 1 amide bonds. The van der Waals surface area contributed by atoms with E-state index in [1.54, 1.807) is 0 Å². The van der Waals surface area contributed by atoms with Gasteiger partial charge >= 0.3 is 5.97 Å². The van der Waals surface area contributed by atoms with Crippen LogP contribution >= 0.6 is 11.3 Å². The van der Waals surface area contributed by atoms with Crippen molar-refractivity contribution in [3.05, 3.63) is 47.0 Å². The molecule has 0 saturated heterocycles. The molecule has 1 aromatic carbocycles. The minimum absolute atomic E-state index is 0.100. The third-order valence-electron chi connectivity index (χ3n) is 2.85. The van der Waals surface area contributed by atoms with Gasteiger partial charge in [-0.2, -0.15) is 0 Å². The van der Waals surface area contributed by atoms with Crippen molar-refractivity contribution in [2.24, 2.45) is 0 Å². The van der Waals surface area contributed by atoms with E-state index in [1.165, 1.54) is 18.9 Å². The predicted octanol–water partition coefficient (Wildman–Crippen LogP) is 2.89. The van der Waals surface area contributed by atoms with Crippen LogP contribution in [0.3, 0.4) is 0 Å². The van der Waals surface area contributed by atoms with Crippen molar-refractivity contribution < 1.29 is 14.3 Å². The smallest absolute Gasteiger partial charge is 0.349 e. The highest BCUT2D eigenvalue weighted by molar-refractivity contribution is 7.17. The normalized spacial score (nSPS) is 10.1. The molecule has 0 aliphatic heterocycles. The summed E-state index contributed by atoms with van der Waals surface area (Å²) in [6, 6.07) is 10.0. The van der Waals surface area contributed by atoms with Crippen molar-refractivity contribution in [1.82, 2.24) is 4.98 Å². The van der Waals surface area contributed by atoms with Crippen LogP contribution in [0.25, 0.3) is 0 Å². The Labute approximate surface area is 127 Å². The minimum atomic E-state index is -0.447. The van der Waals surface area contributed by atoms with Crippen LogP contribution in [-0.2, 0) is 16.0 Å². The summed E-state index contributed by atoms with van der Waals surface area (Å²) >= 11 is 1.11. The molecule has 0 saturated carbocycles. The first-order valence-electron chi connectivity index (χ1n) is 6.57. The lowest BCUT2D eigenvalue weighted by atomic mass is 10.1. The SMILES string of the molecule is COC(=O)c1cnc(NC(=O)CCCc2ccccc2)s1. The van der Waals surface area contributed by atoms with Gasteiger partial charge in [-0.25, -0.2) is 9.78 Å². The molecule has 2 rings (SSSR count). The largest absolute Gasteiger partial charge is 0.465 e. The van der Waals surface area contributed by atoms with Crippen molar-refractivity contribution in [2.75, 3.05) is 12.4 Å². The summed E-state index contributed by atoms with van der Waals surface area (Å²) in [5.74, 6) is -0.547. The third kappa shape index (κ3) is 4.68. The monoisotopic (exact) mass is 304 g/mol. The molecule has 6 heteroatoms. The molecule has 5 nitrogen and oxygen atoms in total. The number of hydrogen-bond donors (Lipinski definition) is 1. The number of nitrogens with one attached hydrogen (secondary N) is 1. The average molecular weight is 304 g/mol. The van der Waals surface area contributed by atoms with Crippen LogP contribution in [0.15, 0.2) is 36.5 Å². The standard InChI is InChI=1S/C15H16N2O3S/c1-20-14(19)12-10-16-15(21-12)17-13(18)9-5-8-11-6-3-2-4-7-11/h2-4,6-7,10H,5,8-9H2,1H3,(H,16,17,18). The van der Waals surface area contributed by atoms with Crippen LogP contribution < -0.4 is 5.32 Å². The van der Waals surface area contributed by atoms with Gasteiger partial charge in [0, 0.05) is 6.42 Å². The van der Waals surface area contributed by atoms with Gasteiger partial charge in [0.25, 0.3) is 0 Å². The Morgan fingerprint density at radius 2 is 2.05 bits per heavy atom. The molecule has 0 radical (unpaired) electrons. The molecule has 0 atom stereocenters. The van der Waals surface area contributed by atoms with Crippen LogP contribution in [0.1, 0.15) is 28.1 Å². The highest BCUT2D eigenvalue weighted by Crippen LogP contribution is 2.19. The Hall–Kier alpha value is -2.21. The second-order valence-electron chi connectivity index (χ2n) is 4.41. The second kappa shape index (κ2) is 7.54. The van der Waals surface area contributed by atoms with Crippen LogP contribution in [0.4, 0.5) is 5.13 Å². The van der Waals surface area contributed by atoms with Gasteiger partial charge in [-0.15, -0.1) is 0 Å². The lowest BCUT2D eigenvalue weighted by molar-refractivity contribution is -0.116. The number of amides is 1. The molecule has 0 bridgehead atoms. The molecule has 1 aromatic heterocycles. The van der Waals surface area contributed by atoms with Gasteiger partial charge in [0.1, 0.15) is 4.88 Å². The number of ether oxygens (including phenoxy) is 1. The Kier molecular flexibility index (Phi) is 5.45. The summed E-state index contributed by atoms with van der Waals surface area (Å²) in [7, 11) is 1.31. The Morgan fingerprint density at radius 3 is 2.76 bits per heavy atom. The number of carbonyl (C=O) groups excluding carboxylic acids is 2. The number of nitrogens with zero attached hydrogens (tertiary/aromatic N) is 1. The predicted molar refractivity (Wildman–Crippen MR) is 81.5 cm³/mol. The van der Waals surface area contributed by atoms with E-state index in [-0.39, 0.29) is 5.91 Å². The van der Waals surface area contributed by atoms with Gasteiger partial charge in [0.05, 0.1) is 13.3 Å². The van der Waals surface area contributed by atoms with Crippen molar-refractivity contribution in [3.63, 3.8) is 0 Å². The molecule has 0 aliphatic carbocycles. The first-order chi connectivity index (χ1) is 10.2. The first-order valence-corrected chi connectivity index (χ1v) is 7.38. The highest BCUT2D eigenvalue weighted by atomic mass is 32.1. The van der Waals surface area contributed by atoms with Crippen LogP contribution in [0, 0.1) is 0 Å². The highest BCUT2D eigenvalue weighted by Gasteiger charge is 2.12. The van der Waals surface area contributed by atoms with E-state index >= 15 is 0 Å². The summed E-state index contributed by atoms with van der Waals surface area (Å²) in [6.45, 7) is 0. The van der Waals surface area contributed by atoms with E-state index in [1.807, 2.05) is 30.3 Å². The summed E-state index contributed by atoms with van der Waals surface area (Å²) in [6.07, 6.45) is 3.45. The number of thiazole rings is 1. The maximum Gasteiger partial charge on any atom is 0.349 e. The summed E-state index contributed by atoms with van der Waals surface area (Å²) in [5.41, 5.74) is 1.22. The number of benzene rings is 1. The van der Waals surface area contributed by atoms with Gasteiger partial charge in [-0.1, -0.05) is 41.7 Å². The molecule has 1 heterocycles. The Balaban J connectivity index is 1.77. The summed E-state index contributed by atoms with van der Waals surface area (Å²) in [5, 5.41) is 3.11. The van der Waals surface area contributed by atoms with Crippen LogP contribution in [0.5, 0.6) is 0 Å². The van der Waals surface area contributed by atoms with Crippen molar-refractivity contribution in [3.8, 4) is 0 Å². The molecule has 0 aliphatic rings. The number of hydrogen-bond acceptors (Lipinski definition) is 5. The Morgan fingerprint density at radius 1 is 1.29 bits per heavy atom.